The van der Waals surface area contributed by atoms with E-state index in [1.165, 1.54) is 14.0 Å². The van der Waals surface area contributed by atoms with E-state index in [0.29, 0.717) is 28.4 Å². The van der Waals surface area contributed by atoms with Crippen LogP contribution in [0, 0.1) is 0 Å². The summed E-state index contributed by atoms with van der Waals surface area (Å²) in [6.45, 7) is 1.44. The third-order valence-electron chi connectivity index (χ3n) is 7.12. The molecule has 4 aromatic rings. The highest BCUT2D eigenvalue weighted by molar-refractivity contribution is 5.88. The van der Waals surface area contributed by atoms with E-state index in [9.17, 15) is 9.59 Å². The zero-order chi connectivity index (χ0) is 28.3. The highest BCUT2D eigenvalue weighted by Gasteiger charge is 2.43. The molecule has 1 aliphatic carbocycles. The summed E-state index contributed by atoms with van der Waals surface area (Å²) in [5.74, 6) is 0.165. The fourth-order valence-electron chi connectivity index (χ4n) is 5.14. The zero-order valence-corrected chi connectivity index (χ0v) is 22.5. The molecule has 40 heavy (non-hydrogen) atoms. The minimum atomic E-state index is -1.73. The number of hydrogen-bond acceptors (Lipinski definition) is 7. The second-order valence-corrected chi connectivity index (χ2v) is 9.48. The summed E-state index contributed by atoms with van der Waals surface area (Å²) in [6, 6.07) is 27.9. The lowest BCUT2D eigenvalue weighted by molar-refractivity contribution is -0.149. The van der Waals surface area contributed by atoms with E-state index in [1.807, 2.05) is 24.3 Å². The average Bonchev–Trinajstić information content (AvgIpc) is 3.31. The first-order chi connectivity index (χ1) is 19.4. The molecule has 4 aromatic carbocycles. The molecule has 204 valence electrons. The van der Waals surface area contributed by atoms with E-state index in [1.54, 1.807) is 49.6 Å². The van der Waals surface area contributed by atoms with Gasteiger partial charge in [0.2, 0.25) is 5.91 Å². The molecule has 0 aliphatic heterocycles. The van der Waals surface area contributed by atoms with E-state index in [-0.39, 0.29) is 18.4 Å². The molecule has 0 saturated carbocycles. The van der Waals surface area contributed by atoms with Gasteiger partial charge in [-0.3, -0.25) is 4.79 Å². The third kappa shape index (κ3) is 4.85. The van der Waals surface area contributed by atoms with E-state index < -0.39 is 11.5 Å². The number of ether oxygens (including phenoxy) is 3. The lowest BCUT2D eigenvalue weighted by Gasteiger charge is -2.30. The van der Waals surface area contributed by atoms with Crippen molar-refractivity contribution in [1.29, 1.82) is 0 Å². The van der Waals surface area contributed by atoms with Gasteiger partial charge in [0.05, 0.1) is 14.2 Å². The minimum Gasteiger partial charge on any atom is -0.497 e. The molecule has 8 heteroatoms. The number of methoxy groups -OCH3 is 2. The van der Waals surface area contributed by atoms with Crippen LogP contribution in [0.2, 0.25) is 0 Å². The number of carbonyl (C=O) groups excluding carboxylic acids is 2. The molecule has 0 fully saturated rings. The molecular formula is C32H30N2O6. The van der Waals surface area contributed by atoms with Crippen molar-refractivity contribution in [2.24, 2.45) is 5.73 Å². The van der Waals surface area contributed by atoms with E-state index in [4.69, 9.17) is 24.8 Å². The predicted molar refractivity (Wildman–Crippen MR) is 150 cm³/mol. The van der Waals surface area contributed by atoms with Crippen molar-refractivity contribution in [3.8, 4) is 28.4 Å². The van der Waals surface area contributed by atoms with Crippen LogP contribution in [0.4, 0.5) is 0 Å². The first-order valence-electron chi connectivity index (χ1n) is 12.8. The summed E-state index contributed by atoms with van der Waals surface area (Å²) < 4.78 is 17.0. The van der Waals surface area contributed by atoms with Gasteiger partial charge in [0.15, 0.2) is 11.3 Å². The number of rotatable bonds is 9. The number of benzene rings is 4. The second-order valence-electron chi connectivity index (χ2n) is 9.48. The zero-order valence-electron chi connectivity index (χ0n) is 22.5. The normalized spacial score (nSPS) is 13.4. The molecule has 8 nitrogen and oxygen atoms in total. The SMILES string of the molecule is COc1ccc(C(N)(C(=O)OCC2c3ccccc3-c3ccccc32)c2ccc(ONC(C)=O)cc2)c(OC)c1. The Morgan fingerprint density at radius 3 is 2.00 bits per heavy atom. The van der Waals surface area contributed by atoms with Crippen molar-refractivity contribution in [2.45, 2.75) is 18.4 Å². The van der Waals surface area contributed by atoms with Gasteiger partial charge in [-0.15, -0.1) is 0 Å². The number of carbonyl (C=O) groups is 2. The molecule has 1 unspecified atom stereocenters. The number of amides is 1. The fraction of sp³-hybridized carbons (Fsp3) is 0.188. The number of hydrogen-bond donors (Lipinski definition) is 2. The highest BCUT2D eigenvalue weighted by atomic mass is 16.7. The maximum atomic E-state index is 14.0. The largest absolute Gasteiger partial charge is 0.497 e. The van der Waals surface area contributed by atoms with Gasteiger partial charge in [-0.1, -0.05) is 60.7 Å². The lowest BCUT2D eigenvalue weighted by Crippen LogP contribution is -2.47. The number of nitrogens with one attached hydrogen (secondary N) is 1. The van der Waals surface area contributed by atoms with Crippen LogP contribution in [0.25, 0.3) is 11.1 Å². The molecule has 3 N–H and O–H groups in total. The van der Waals surface area contributed by atoms with Crippen LogP contribution >= 0.6 is 0 Å². The van der Waals surface area contributed by atoms with Gasteiger partial charge in [-0.05, 0) is 52.1 Å². The van der Waals surface area contributed by atoms with Crippen LogP contribution in [0.15, 0.2) is 91.0 Å². The van der Waals surface area contributed by atoms with Crippen molar-refractivity contribution in [1.82, 2.24) is 5.48 Å². The molecule has 0 saturated heterocycles. The quantitative estimate of drug-likeness (QED) is 0.235. The van der Waals surface area contributed by atoms with E-state index in [2.05, 4.69) is 29.7 Å². The van der Waals surface area contributed by atoms with Crippen molar-refractivity contribution >= 4 is 11.9 Å². The highest BCUT2D eigenvalue weighted by Crippen LogP contribution is 2.45. The van der Waals surface area contributed by atoms with Crippen LogP contribution in [0.1, 0.15) is 35.1 Å². The number of fused-ring (bicyclic) bond motifs is 3. The Kier molecular flexibility index (Phi) is 7.44. The second kappa shape index (κ2) is 11.1. The Balaban J connectivity index is 1.51. The molecule has 5 rings (SSSR count). The van der Waals surface area contributed by atoms with Crippen molar-refractivity contribution in [3.05, 3.63) is 113 Å². The average molecular weight is 539 g/mol. The summed E-state index contributed by atoms with van der Waals surface area (Å²) in [5.41, 5.74) is 12.8. The Morgan fingerprint density at radius 1 is 0.825 bits per heavy atom. The molecule has 0 radical (unpaired) electrons. The Morgan fingerprint density at radius 2 is 1.43 bits per heavy atom. The number of esters is 1. The summed E-state index contributed by atoms with van der Waals surface area (Å²) in [7, 11) is 3.05. The minimum absolute atomic E-state index is 0.105. The maximum absolute atomic E-state index is 14.0. The maximum Gasteiger partial charge on any atom is 0.335 e. The Bertz CT molecular complexity index is 1510. The monoisotopic (exact) mass is 538 g/mol. The molecular weight excluding hydrogens is 508 g/mol. The lowest BCUT2D eigenvalue weighted by atomic mass is 9.83. The van der Waals surface area contributed by atoms with Gasteiger partial charge in [-0.2, -0.15) is 5.48 Å². The summed E-state index contributed by atoms with van der Waals surface area (Å²) >= 11 is 0. The van der Waals surface area contributed by atoms with E-state index >= 15 is 0 Å². The molecule has 0 heterocycles. The molecule has 1 aliphatic rings. The van der Waals surface area contributed by atoms with Gasteiger partial charge < -0.3 is 24.8 Å². The fourth-order valence-corrected chi connectivity index (χ4v) is 5.14. The van der Waals surface area contributed by atoms with Gasteiger partial charge in [0, 0.05) is 24.5 Å². The summed E-state index contributed by atoms with van der Waals surface area (Å²) in [6.07, 6.45) is 0. The first kappa shape index (κ1) is 26.8. The molecule has 0 aromatic heterocycles. The van der Waals surface area contributed by atoms with Gasteiger partial charge in [-0.25, -0.2) is 4.79 Å². The van der Waals surface area contributed by atoms with E-state index in [0.717, 1.165) is 22.3 Å². The van der Waals surface area contributed by atoms with Gasteiger partial charge in [0.25, 0.3) is 0 Å². The van der Waals surface area contributed by atoms with Crippen molar-refractivity contribution < 1.29 is 28.6 Å². The van der Waals surface area contributed by atoms with Crippen molar-refractivity contribution in [2.75, 3.05) is 20.8 Å². The molecule has 1 amide bonds. The van der Waals surface area contributed by atoms with Gasteiger partial charge in [0.1, 0.15) is 18.1 Å². The molecule has 0 spiro atoms. The van der Waals surface area contributed by atoms with Gasteiger partial charge >= 0.3 is 5.97 Å². The van der Waals surface area contributed by atoms with Crippen LogP contribution in [-0.4, -0.2) is 32.7 Å². The standard InChI is InChI=1S/C32H30N2O6/c1-20(35)34-40-22-14-12-21(13-15-22)32(33,29-17-16-23(37-2)18-30(29)38-3)31(36)39-19-28-26-10-6-4-8-24(26)25-9-5-7-11-27(25)28/h4-18,28H,19,33H2,1-3H3,(H,34,35). The third-order valence-corrected chi connectivity index (χ3v) is 7.12. The smallest absolute Gasteiger partial charge is 0.335 e. The molecule has 1 atom stereocenters. The summed E-state index contributed by atoms with van der Waals surface area (Å²) in [5, 5.41) is 0. The number of nitrogens with two attached hydrogens (primary N) is 1. The van der Waals surface area contributed by atoms with Crippen LogP contribution < -0.4 is 25.5 Å². The Labute approximate surface area is 232 Å². The van der Waals surface area contributed by atoms with Crippen LogP contribution in [0.5, 0.6) is 17.2 Å². The van der Waals surface area contributed by atoms with Crippen LogP contribution in [0.3, 0.4) is 0 Å². The number of hydroxylamine groups is 1. The van der Waals surface area contributed by atoms with Crippen LogP contribution in [-0.2, 0) is 19.9 Å². The van der Waals surface area contributed by atoms with Crippen molar-refractivity contribution in [3.63, 3.8) is 0 Å². The molecule has 0 bridgehead atoms. The Hall–Kier alpha value is -4.82. The summed E-state index contributed by atoms with van der Waals surface area (Å²) in [4.78, 5) is 30.5. The predicted octanol–water partition coefficient (Wildman–Crippen LogP) is 4.69. The topological polar surface area (TPSA) is 109 Å². The first-order valence-corrected chi connectivity index (χ1v) is 12.8.